The molecular weight excluding hydrogens is 323 g/mol. The van der Waals surface area contributed by atoms with Gasteiger partial charge in [0.25, 0.3) is 0 Å². The molecule has 1 unspecified atom stereocenters. The number of ether oxygens (including phenoxy) is 1. The molecule has 1 aromatic carbocycles. The number of rotatable bonds is 7. The highest BCUT2D eigenvalue weighted by Crippen LogP contribution is 2.25. The summed E-state index contributed by atoms with van der Waals surface area (Å²) in [7, 11) is 1.91. The fourth-order valence-corrected chi connectivity index (χ4v) is 3.00. The van der Waals surface area contributed by atoms with Crippen molar-refractivity contribution in [1.29, 1.82) is 0 Å². The molecule has 1 fully saturated rings. The molecule has 0 bridgehead atoms. The lowest BCUT2D eigenvalue weighted by atomic mass is 10.2. The second kappa shape index (κ2) is 8.11. The highest BCUT2D eigenvalue weighted by Gasteiger charge is 2.25. The number of aliphatic hydroxyl groups is 1. The summed E-state index contributed by atoms with van der Waals surface area (Å²) in [6, 6.07) is 8.40. The van der Waals surface area contributed by atoms with Crippen molar-refractivity contribution in [3.8, 4) is 5.75 Å². The van der Waals surface area contributed by atoms with Crippen molar-refractivity contribution in [3.63, 3.8) is 0 Å². The minimum atomic E-state index is -0.362. The van der Waals surface area contributed by atoms with E-state index in [0.29, 0.717) is 13.2 Å². The van der Waals surface area contributed by atoms with E-state index in [1.54, 1.807) is 18.2 Å². The molecule has 1 aliphatic heterocycles. The second-order valence-electron chi connectivity index (χ2n) is 6.11. The molecule has 134 valence electrons. The van der Waals surface area contributed by atoms with Crippen LogP contribution >= 0.6 is 0 Å². The highest BCUT2D eigenvalue weighted by atomic mass is 19.1. The van der Waals surface area contributed by atoms with Crippen molar-refractivity contribution < 1.29 is 14.2 Å². The van der Waals surface area contributed by atoms with Gasteiger partial charge in [-0.15, -0.1) is 0 Å². The molecule has 1 aromatic heterocycles. The molecule has 3 rings (SSSR count). The first-order valence-corrected chi connectivity index (χ1v) is 8.47. The average Bonchev–Trinajstić information content (AvgIpc) is 3.12. The number of halogens is 1. The van der Waals surface area contributed by atoms with Crippen molar-refractivity contribution in [2.75, 3.05) is 43.2 Å². The molecule has 0 spiro atoms. The van der Waals surface area contributed by atoms with Crippen LogP contribution in [0.2, 0.25) is 0 Å². The van der Waals surface area contributed by atoms with Crippen molar-refractivity contribution in [1.82, 2.24) is 9.97 Å². The Morgan fingerprint density at radius 1 is 1.36 bits per heavy atom. The Balaban J connectivity index is 1.60. The van der Waals surface area contributed by atoms with Crippen LogP contribution in [0.25, 0.3) is 0 Å². The molecule has 0 saturated carbocycles. The van der Waals surface area contributed by atoms with Crippen LogP contribution in [0, 0.1) is 5.82 Å². The first-order chi connectivity index (χ1) is 12.2. The number of aliphatic hydroxyl groups excluding tert-OH is 1. The molecule has 25 heavy (non-hydrogen) atoms. The maximum absolute atomic E-state index is 13.5. The number of hydrogen-bond donors (Lipinski definition) is 1. The Kier molecular flexibility index (Phi) is 5.65. The van der Waals surface area contributed by atoms with Gasteiger partial charge in [0.1, 0.15) is 24.6 Å². The van der Waals surface area contributed by atoms with Gasteiger partial charge in [0.05, 0.1) is 19.2 Å². The first-order valence-electron chi connectivity index (χ1n) is 8.47. The van der Waals surface area contributed by atoms with Gasteiger partial charge in [-0.25, -0.2) is 14.4 Å². The summed E-state index contributed by atoms with van der Waals surface area (Å²) in [5.74, 6) is 1.48. The summed E-state index contributed by atoms with van der Waals surface area (Å²) in [6.45, 7) is 1.93. The molecule has 7 heteroatoms. The normalized spacial score (nSPS) is 16.9. The molecule has 2 heterocycles. The Bertz CT molecular complexity index is 700. The zero-order chi connectivity index (χ0) is 17.6. The first kappa shape index (κ1) is 17.4. The molecule has 2 aromatic rings. The standard InChI is InChI=1S/C18H23FN4O2/c1-22(9-10-25-16-7-3-2-6-15(16)19)17-11-18(21-13-20-17)23-8-4-5-14(23)12-24/h2-3,6-7,11,13-14,24H,4-5,8-10,12H2,1H3. The minimum Gasteiger partial charge on any atom is -0.489 e. The van der Waals surface area contributed by atoms with Gasteiger partial charge in [0.2, 0.25) is 0 Å². The lowest BCUT2D eigenvalue weighted by Crippen LogP contribution is -2.33. The van der Waals surface area contributed by atoms with Gasteiger partial charge in [-0.05, 0) is 25.0 Å². The van der Waals surface area contributed by atoms with E-state index in [2.05, 4.69) is 14.9 Å². The summed E-state index contributed by atoms with van der Waals surface area (Å²) >= 11 is 0. The average molecular weight is 346 g/mol. The fourth-order valence-electron chi connectivity index (χ4n) is 3.00. The van der Waals surface area contributed by atoms with Crippen LogP contribution in [0.5, 0.6) is 5.75 Å². The molecular formula is C18H23FN4O2. The van der Waals surface area contributed by atoms with E-state index in [4.69, 9.17) is 4.74 Å². The summed E-state index contributed by atoms with van der Waals surface area (Å²) < 4.78 is 19.0. The van der Waals surface area contributed by atoms with Gasteiger partial charge in [0, 0.05) is 19.7 Å². The van der Waals surface area contributed by atoms with Crippen LogP contribution < -0.4 is 14.5 Å². The van der Waals surface area contributed by atoms with Crippen LogP contribution in [-0.2, 0) is 0 Å². The predicted molar refractivity (Wildman–Crippen MR) is 94.7 cm³/mol. The third kappa shape index (κ3) is 4.17. The quantitative estimate of drug-likeness (QED) is 0.828. The zero-order valence-electron chi connectivity index (χ0n) is 14.3. The third-order valence-electron chi connectivity index (χ3n) is 4.43. The van der Waals surface area contributed by atoms with Crippen LogP contribution in [0.4, 0.5) is 16.0 Å². The monoisotopic (exact) mass is 346 g/mol. The Labute approximate surface area is 146 Å². The van der Waals surface area contributed by atoms with Crippen molar-refractivity contribution >= 4 is 11.6 Å². The molecule has 0 radical (unpaired) electrons. The van der Waals surface area contributed by atoms with E-state index in [0.717, 1.165) is 31.0 Å². The smallest absolute Gasteiger partial charge is 0.165 e. The molecule has 1 saturated heterocycles. The summed E-state index contributed by atoms with van der Waals surface area (Å²) in [6.07, 6.45) is 3.56. The number of para-hydroxylation sites is 1. The number of aromatic nitrogens is 2. The largest absolute Gasteiger partial charge is 0.489 e. The highest BCUT2D eigenvalue weighted by molar-refractivity contribution is 5.51. The fraction of sp³-hybridized carbons (Fsp3) is 0.444. The van der Waals surface area contributed by atoms with Gasteiger partial charge in [-0.3, -0.25) is 0 Å². The number of likely N-dealkylation sites (N-methyl/N-ethyl adjacent to an activating group) is 1. The van der Waals surface area contributed by atoms with Gasteiger partial charge in [0.15, 0.2) is 11.6 Å². The van der Waals surface area contributed by atoms with E-state index in [1.165, 1.54) is 12.4 Å². The molecule has 6 nitrogen and oxygen atoms in total. The minimum absolute atomic E-state index is 0.123. The second-order valence-corrected chi connectivity index (χ2v) is 6.11. The number of anilines is 2. The van der Waals surface area contributed by atoms with E-state index in [-0.39, 0.29) is 24.2 Å². The summed E-state index contributed by atoms with van der Waals surface area (Å²) in [5, 5.41) is 9.48. The van der Waals surface area contributed by atoms with E-state index < -0.39 is 0 Å². The topological polar surface area (TPSA) is 61.7 Å². The van der Waals surface area contributed by atoms with E-state index in [9.17, 15) is 9.50 Å². The van der Waals surface area contributed by atoms with Gasteiger partial charge < -0.3 is 19.6 Å². The predicted octanol–water partition coefficient (Wildman–Crippen LogP) is 2.09. The van der Waals surface area contributed by atoms with Crippen molar-refractivity contribution in [3.05, 3.63) is 42.5 Å². The number of benzene rings is 1. The van der Waals surface area contributed by atoms with Crippen LogP contribution in [0.1, 0.15) is 12.8 Å². The van der Waals surface area contributed by atoms with Gasteiger partial charge >= 0.3 is 0 Å². The number of hydrogen-bond acceptors (Lipinski definition) is 6. The van der Waals surface area contributed by atoms with Crippen LogP contribution in [-0.4, -0.2) is 54.5 Å². The lowest BCUT2D eigenvalue weighted by Gasteiger charge is -2.25. The third-order valence-corrected chi connectivity index (χ3v) is 4.43. The Morgan fingerprint density at radius 3 is 3.00 bits per heavy atom. The Hall–Kier alpha value is -2.41. The summed E-state index contributed by atoms with van der Waals surface area (Å²) in [4.78, 5) is 12.7. The maximum atomic E-state index is 13.5. The molecule has 1 atom stereocenters. The van der Waals surface area contributed by atoms with Gasteiger partial charge in [-0.2, -0.15) is 0 Å². The van der Waals surface area contributed by atoms with Crippen LogP contribution in [0.15, 0.2) is 36.7 Å². The number of nitrogens with zero attached hydrogens (tertiary/aromatic N) is 4. The molecule has 0 amide bonds. The van der Waals surface area contributed by atoms with E-state index >= 15 is 0 Å². The molecule has 0 aliphatic carbocycles. The molecule has 1 N–H and O–H groups in total. The SMILES string of the molecule is CN(CCOc1ccccc1F)c1cc(N2CCCC2CO)ncn1. The lowest BCUT2D eigenvalue weighted by molar-refractivity contribution is 0.266. The van der Waals surface area contributed by atoms with Crippen molar-refractivity contribution in [2.45, 2.75) is 18.9 Å². The van der Waals surface area contributed by atoms with Crippen molar-refractivity contribution in [2.24, 2.45) is 0 Å². The molecule has 1 aliphatic rings. The Morgan fingerprint density at radius 2 is 2.20 bits per heavy atom. The summed E-state index contributed by atoms with van der Waals surface area (Å²) in [5.41, 5.74) is 0. The maximum Gasteiger partial charge on any atom is 0.165 e. The van der Waals surface area contributed by atoms with Crippen LogP contribution in [0.3, 0.4) is 0 Å². The zero-order valence-corrected chi connectivity index (χ0v) is 14.3. The van der Waals surface area contributed by atoms with E-state index in [1.807, 2.05) is 18.0 Å². The van der Waals surface area contributed by atoms with Gasteiger partial charge in [-0.1, -0.05) is 12.1 Å².